The van der Waals surface area contributed by atoms with Crippen molar-refractivity contribution in [1.82, 2.24) is 24.5 Å². The minimum absolute atomic E-state index is 0.736. The molecule has 0 unspecified atom stereocenters. The topological polar surface area (TPSA) is 59.7 Å². The Morgan fingerprint density at radius 2 is 2.04 bits per heavy atom. The molecule has 0 spiro atoms. The van der Waals surface area contributed by atoms with Crippen molar-refractivity contribution in [3.8, 4) is 16.4 Å². The van der Waals surface area contributed by atoms with Crippen molar-refractivity contribution < 1.29 is 0 Å². The van der Waals surface area contributed by atoms with Crippen molar-refractivity contribution in [3.63, 3.8) is 0 Å². The van der Waals surface area contributed by atoms with E-state index in [-0.39, 0.29) is 0 Å². The number of piperidine rings is 1. The SMILES string of the molecule is C[C@H]1CCCN(c2ccc(-c3nc4nc(-n5ccnc5)ccc4s3)cn2)C1. The minimum atomic E-state index is 0.736. The molecule has 7 heteroatoms. The molecule has 27 heavy (non-hydrogen) atoms. The molecule has 1 fully saturated rings. The number of pyridine rings is 2. The molecule has 5 rings (SSSR count). The molecule has 1 atom stereocenters. The summed E-state index contributed by atoms with van der Waals surface area (Å²) in [6, 6.07) is 8.29. The maximum Gasteiger partial charge on any atom is 0.173 e. The standard InChI is InChI=1S/C20H20N6S/c1-14-3-2-9-25(12-14)17-6-4-15(11-22-17)20-24-19-16(27-20)5-7-18(23-19)26-10-8-21-13-26/h4-8,10-11,13-14H,2-3,9,12H2,1H3/t14-/m0/s1. The highest BCUT2D eigenvalue weighted by Gasteiger charge is 2.18. The Kier molecular flexibility index (Phi) is 4.09. The van der Waals surface area contributed by atoms with E-state index in [0.717, 1.165) is 51.6 Å². The number of fused-ring (bicyclic) bond motifs is 1. The lowest BCUT2D eigenvalue weighted by Gasteiger charge is -2.31. The van der Waals surface area contributed by atoms with Crippen molar-refractivity contribution in [2.24, 2.45) is 5.92 Å². The Bertz CT molecular complexity index is 1050. The third kappa shape index (κ3) is 3.19. The predicted molar refractivity (Wildman–Crippen MR) is 108 cm³/mol. The zero-order valence-electron chi connectivity index (χ0n) is 15.1. The molecule has 1 aliphatic heterocycles. The van der Waals surface area contributed by atoms with Crippen molar-refractivity contribution in [1.29, 1.82) is 0 Å². The Hall–Kier alpha value is -2.80. The van der Waals surface area contributed by atoms with E-state index in [1.54, 1.807) is 23.9 Å². The predicted octanol–water partition coefficient (Wildman–Crippen LogP) is 4.18. The van der Waals surface area contributed by atoms with Gasteiger partial charge >= 0.3 is 0 Å². The summed E-state index contributed by atoms with van der Waals surface area (Å²) < 4.78 is 2.96. The normalized spacial score (nSPS) is 17.5. The molecule has 0 radical (unpaired) electrons. The molecule has 0 N–H and O–H groups in total. The van der Waals surface area contributed by atoms with Gasteiger partial charge in [0.15, 0.2) is 5.65 Å². The van der Waals surface area contributed by atoms with Gasteiger partial charge in [-0.05, 0) is 43.0 Å². The highest BCUT2D eigenvalue weighted by Crippen LogP contribution is 2.30. The molecule has 136 valence electrons. The molecule has 0 aromatic carbocycles. The monoisotopic (exact) mass is 376 g/mol. The van der Waals surface area contributed by atoms with Gasteiger partial charge in [0.1, 0.15) is 23.0 Å². The summed E-state index contributed by atoms with van der Waals surface area (Å²) >= 11 is 1.65. The van der Waals surface area contributed by atoms with E-state index in [4.69, 9.17) is 9.97 Å². The molecule has 0 amide bonds. The quantitative estimate of drug-likeness (QED) is 0.537. The number of nitrogens with zero attached hydrogens (tertiary/aromatic N) is 6. The smallest absolute Gasteiger partial charge is 0.173 e. The van der Waals surface area contributed by atoms with Crippen LogP contribution >= 0.6 is 11.3 Å². The lowest BCUT2D eigenvalue weighted by atomic mass is 10.0. The van der Waals surface area contributed by atoms with E-state index in [0.29, 0.717) is 0 Å². The number of hydrogen-bond donors (Lipinski definition) is 0. The highest BCUT2D eigenvalue weighted by atomic mass is 32.1. The summed E-state index contributed by atoms with van der Waals surface area (Å²) in [4.78, 5) is 20.5. The maximum atomic E-state index is 4.73. The largest absolute Gasteiger partial charge is 0.356 e. The zero-order chi connectivity index (χ0) is 18.2. The van der Waals surface area contributed by atoms with Crippen LogP contribution < -0.4 is 4.90 Å². The Morgan fingerprint density at radius 3 is 2.81 bits per heavy atom. The molecule has 6 nitrogen and oxygen atoms in total. The Balaban J connectivity index is 1.43. The fourth-order valence-corrected chi connectivity index (χ4v) is 4.47. The van der Waals surface area contributed by atoms with Crippen LogP contribution in [0, 0.1) is 5.92 Å². The third-order valence-corrected chi connectivity index (χ3v) is 6.04. The first kappa shape index (κ1) is 16.4. The van der Waals surface area contributed by atoms with E-state index >= 15 is 0 Å². The van der Waals surface area contributed by atoms with Gasteiger partial charge in [-0.3, -0.25) is 4.57 Å². The van der Waals surface area contributed by atoms with E-state index < -0.39 is 0 Å². The van der Waals surface area contributed by atoms with Crippen LogP contribution in [0.15, 0.2) is 49.2 Å². The lowest BCUT2D eigenvalue weighted by molar-refractivity contribution is 0.444. The molecule has 0 saturated carbocycles. The van der Waals surface area contributed by atoms with Gasteiger partial charge in [0.2, 0.25) is 0 Å². The number of imidazole rings is 1. The van der Waals surface area contributed by atoms with Gasteiger partial charge < -0.3 is 4.90 Å². The Labute approximate surface area is 161 Å². The average molecular weight is 376 g/mol. The molecule has 1 aliphatic rings. The number of hydrogen-bond acceptors (Lipinski definition) is 6. The van der Waals surface area contributed by atoms with Gasteiger partial charge in [-0.2, -0.15) is 0 Å². The molecule has 0 aliphatic carbocycles. The second-order valence-electron chi connectivity index (χ2n) is 7.08. The fourth-order valence-electron chi connectivity index (χ4n) is 3.57. The second kappa shape index (κ2) is 6.74. The van der Waals surface area contributed by atoms with Crippen LogP contribution in [0.2, 0.25) is 0 Å². The molecular weight excluding hydrogens is 356 g/mol. The molecular formula is C20H20N6S. The van der Waals surface area contributed by atoms with Crippen LogP contribution in [-0.4, -0.2) is 37.6 Å². The van der Waals surface area contributed by atoms with Gasteiger partial charge in [-0.15, -0.1) is 11.3 Å². The van der Waals surface area contributed by atoms with Crippen LogP contribution in [0.4, 0.5) is 5.82 Å². The Morgan fingerprint density at radius 1 is 1.11 bits per heavy atom. The van der Waals surface area contributed by atoms with E-state index in [9.17, 15) is 0 Å². The van der Waals surface area contributed by atoms with Crippen LogP contribution in [0.25, 0.3) is 26.7 Å². The first-order chi connectivity index (χ1) is 13.3. The summed E-state index contributed by atoms with van der Waals surface area (Å²) in [6.07, 6.45) is 9.86. The first-order valence-electron chi connectivity index (χ1n) is 9.23. The van der Waals surface area contributed by atoms with E-state index in [1.807, 2.05) is 23.0 Å². The van der Waals surface area contributed by atoms with Crippen LogP contribution in [0.1, 0.15) is 19.8 Å². The number of anilines is 1. The van der Waals surface area contributed by atoms with Crippen molar-refractivity contribution in [3.05, 3.63) is 49.2 Å². The highest BCUT2D eigenvalue weighted by molar-refractivity contribution is 7.21. The second-order valence-corrected chi connectivity index (χ2v) is 8.11. The minimum Gasteiger partial charge on any atom is -0.356 e. The summed E-state index contributed by atoms with van der Waals surface area (Å²) in [7, 11) is 0. The molecule has 4 aromatic heterocycles. The van der Waals surface area contributed by atoms with Gasteiger partial charge in [-0.25, -0.2) is 19.9 Å². The average Bonchev–Trinajstić information content (AvgIpc) is 3.37. The fraction of sp³-hybridized carbons (Fsp3) is 0.300. The molecule has 0 bridgehead atoms. The lowest BCUT2D eigenvalue weighted by Crippen LogP contribution is -2.34. The number of thiazole rings is 1. The molecule has 5 heterocycles. The van der Waals surface area contributed by atoms with Crippen molar-refractivity contribution in [2.75, 3.05) is 18.0 Å². The van der Waals surface area contributed by atoms with Crippen molar-refractivity contribution in [2.45, 2.75) is 19.8 Å². The third-order valence-electron chi connectivity index (χ3n) is 4.98. The number of rotatable bonds is 3. The zero-order valence-corrected chi connectivity index (χ0v) is 15.9. The summed E-state index contributed by atoms with van der Waals surface area (Å²) in [5.41, 5.74) is 1.80. The van der Waals surface area contributed by atoms with Gasteiger partial charge in [0, 0.05) is 37.2 Å². The van der Waals surface area contributed by atoms with E-state index in [1.165, 1.54) is 12.8 Å². The van der Waals surface area contributed by atoms with Crippen LogP contribution in [0.3, 0.4) is 0 Å². The van der Waals surface area contributed by atoms with Gasteiger partial charge in [0.05, 0.1) is 4.70 Å². The summed E-state index contributed by atoms with van der Waals surface area (Å²) in [5, 5.41) is 0.950. The van der Waals surface area contributed by atoms with Crippen molar-refractivity contribution >= 4 is 27.5 Å². The van der Waals surface area contributed by atoms with Gasteiger partial charge in [0.25, 0.3) is 0 Å². The van der Waals surface area contributed by atoms with E-state index in [2.05, 4.69) is 40.0 Å². The van der Waals surface area contributed by atoms with Crippen LogP contribution in [0.5, 0.6) is 0 Å². The maximum absolute atomic E-state index is 4.73. The molecule has 1 saturated heterocycles. The summed E-state index contributed by atoms with van der Waals surface area (Å²) in [6.45, 7) is 4.50. The van der Waals surface area contributed by atoms with Gasteiger partial charge in [-0.1, -0.05) is 6.92 Å². The molecule has 4 aromatic rings. The summed E-state index contributed by atoms with van der Waals surface area (Å²) in [5.74, 6) is 2.62. The number of aromatic nitrogens is 5. The first-order valence-corrected chi connectivity index (χ1v) is 10.1. The van der Waals surface area contributed by atoms with Crippen LogP contribution in [-0.2, 0) is 0 Å².